The molecule has 3 amide bonds. The summed E-state index contributed by atoms with van der Waals surface area (Å²) in [5.74, 6) is -0.247. The molecule has 3 N–H and O–H groups in total. The van der Waals surface area contributed by atoms with E-state index in [0.717, 1.165) is 38.3 Å². The Morgan fingerprint density at radius 3 is 2.31 bits per heavy atom. The van der Waals surface area contributed by atoms with Gasteiger partial charge in [-0.1, -0.05) is 30.3 Å². The lowest BCUT2D eigenvalue weighted by Gasteiger charge is -2.38. The number of benzene rings is 1. The lowest BCUT2D eigenvalue weighted by molar-refractivity contribution is -0.122. The molecule has 1 fully saturated rings. The van der Waals surface area contributed by atoms with Crippen LogP contribution in [0.1, 0.15) is 25.5 Å². The molecule has 0 aliphatic carbocycles. The van der Waals surface area contributed by atoms with Crippen LogP contribution in [0.2, 0.25) is 0 Å². The van der Waals surface area contributed by atoms with Gasteiger partial charge < -0.3 is 20.9 Å². The normalized spacial score (nSPS) is 17.4. The van der Waals surface area contributed by atoms with E-state index in [2.05, 4.69) is 32.8 Å². The van der Waals surface area contributed by atoms with E-state index in [1.54, 1.807) is 7.05 Å². The molecule has 0 bridgehead atoms. The second kappa shape index (κ2) is 9.00. The molecule has 26 heavy (non-hydrogen) atoms. The zero-order valence-electron chi connectivity index (χ0n) is 16.2. The molecule has 7 nitrogen and oxygen atoms in total. The number of urea groups is 1. The van der Waals surface area contributed by atoms with E-state index >= 15 is 0 Å². The smallest absolute Gasteiger partial charge is 0.316 e. The lowest BCUT2D eigenvalue weighted by Crippen LogP contribution is -2.57. The molecule has 0 radical (unpaired) electrons. The predicted molar refractivity (Wildman–Crippen MR) is 103 cm³/mol. The van der Waals surface area contributed by atoms with Crippen LogP contribution in [-0.2, 0) is 4.79 Å². The minimum Gasteiger partial charge on any atom is -0.357 e. The molecule has 1 heterocycles. The van der Waals surface area contributed by atoms with Crippen molar-refractivity contribution in [1.82, 2.24) is 25.8 Å². The van der Waals surface area contributed by atoms with Gasteiger partial charge in [0.05, 0.1) is 0 Å². The zero-order valence-corrected chi connectivity index (χ0v) is 16.2. The third kappa shape index (κ3) is 6.00. The van der Waals surface area contributed by atoms with Gasteiger partial charge in [0.1, 0.15) is 6.04 Å². The second-order valence-corrected chi connectivity index (χ2v) is 7.52. The fourth-order valence-electron chi connectivity index (χ4n) is 3.17. The third-order valence-electron chi connectivity index (χ3n) is 4.58. The van der Waals surface area contributed by atoms with E-state index in [1.165, 1.54) is 0 Å². The minimum atomic E-state index is -0.722. The van der Waals surface area contributed by atoms with Crippen molar-refractivity contribution in [2.45, 2.75) is 25.4 Å². The highest BCUT2D eigenvalue weighted by molar-refractivity contribution is 5.88. The first kappa shape index (κ1) is 20.2. The molecule has 7 heteroatoms. The van der Waals surface area contributed by atoms with E-state index in [1.807, 2.05) is 44.2 Å². The maximum Gasteiger partial charge on any atom is 0.316 e. The number of hydrogen-bond acceptors (Lipinski definition) is 4. The Morgan fingerprint density at radius 2 is 1.73 bits per heavy atom. The highest BCUT2D eigenvalue weighted by Gasteiger charge is 2.28. The molecule has 0 aromatic heterocycles. The van der Waals surface area contributed by atoms with Crippen molar-refractivity contribution >= 4 is 11.9 Å². The van der Waals surface area contributed by atoms with Crippen LogP contribution in [0.5, 0.6) is 0 Å². The fraction of sp³-hybridized carbons (Fsp3) is 0.579. The first-order valence-electron chi connectivity index (χ1n) is 9.07. The number of nitrogens with zero attached hydrogens (tertiary/aromatic N) is 2. The Labute approximate surface area is 156 Å². The summed E-state index contributed by atoms with van der Waals surface area (Å²) in [7, 11) is 3.69. The molecule has 0 saturated carbocycles. The maximum atomic E-state index is 12.5. The maximum absolute atomic E-state index is 12.5. The van der Waals surface area contributed by atoms with Gasteiger partial charge in [-0.3, -0.25) is 9.69 Å². The summed E-state index contributed by atoms with van der Waals surface area (Å²) in [4.78, 5) is 29.4. The van der Waals surface area contributed by atoms with Crippen molar-refractivity contribution < 1.29 is 9.59 Å². The van der Waals surface area contributed by atoms with Crippen LogP contribution < -0.4 is 16.0 Å². The topological polar surface area (TPSA) is 76.7 Å². The van der Waals surface area contributed by atoms with Gasteiger partial charge in [0, 0.05) is 45.3 Å². The lowest BCUT2D eigenvalue weighted by atomic mass is 10.0. The Hall–Kier alpha value is -2.12. The summed E-state index contributed by atoms with van der Waals surface area (Å²) in [5, 5.41) is 8.41. The fourth-order valence-corrected chi connectivity index (χ4v) is 3.17. The molecule has 0 unspecified atom stereocenters. The van der Waals surface area contributed by atoms with Gasteiger partial charge in [0.25, 0.3) is 0 Å². The van der Waals surface area contributed by atoms with E-state index in [-0.39, 0.29) is 11.9 Å². The van der Waals surface area contributed by atoms with Crippen molar-refractivity contribution in [2.75, 3.05) is 46.8 Å². The Balaban J connectivity index is 1.95. The van der Waals surface area contributed by atoms with Crippen molar-refractivity contribution in [3.8, 4) is 0 Å². The molecule has 1 atom stereocenters. The summed E-state index contributed by atoms with van der Waals surface area (Å²) in [6.45, 7) is 8.83. The number of nitrogens with one attached hydrogen (secondary N) is 3. The average Bonchev–Trinajstić information content (AvgIpc) is 2.61. The number of carbonyl (C=O) groups excluding carboxylic acids is 2. The van der Waals surface area contributed by atoms with E-state index in [9.17, 15) is 9.59 Å². The minimum absolute atomic E-state index is 0.247. The Bertz CT molecular complexity index is 597. The molecule has 1 aliphatic heterocycles. The van der Waals surface area contributed by atoms with Crippen molar-refractivity contribution in [1.29, 1.82) is 0 Å². The first-order valence-corrected chi connectivity index (χ1v) is 9.07. The van der Waals surface area contributed by atoms with E-state index in [4.69, 9.17) is 0 Å². The molecular formula is C19H31N5O2. The summed E-state index contributed by atoms with van der Waals surface area (Å²) < 4.78 is 0. The van der Waals surface area contributed by atoms with Crippen LogP contribution in [-0.4, -0.2) is 74.1 Å². The van der Waals surface area contributed by atoms with Crippen molar-refractivity contribution in [3.63, 3.8) is 0 Å². The zero-order chi connectivity index (χ0) is 19.2. The second-order valence-electron chi connectivity index (χ2n) is 7.52. The van der Waals surface area contributed by atoms with Crippen molar-refractivity contribution in [2.24, 2.45) is 0 Å². The van der Waals surface area contributed by atoms with E-state index < -0.39 is 11.6 Å². The van der Waals surface area contributed by atoms with Crippen LogP contribution in [0.4, 0.5) is 4.79 Å². The molecule has 1 aromatic rings. The average molecular weight is 361 g/mol. The number of amides is 3. The molecule has 0 spiro atoms. The van der Waals surface area contributed by atoms with E-state index in [0.29, 0.717) is 0 Å². The van der Waals surface area contributed by atoms with Crippen LogP contribution in [0, 0.1) is 0 Å². The summed E-state index contributed by atoms with van der Waals surface area (Å²) in [6.07, 6.45) is 0. The summed E-state index contributed by atoms with van der Waals surface area (Å²) >= 11 is 0. The number of likely N-dealkylation sites (N-methyl/N-ethyl adjacent to an activating group) is 2. The SMILES string of the molecule is CNC(=O)[C@@H](NC(=O)NC(C)(C)CN1CCN(C)CC1)c1ccccc1. The van der Waals surface area contributed by atoms with Gasteiger partial charge in [0.15, 0.2) is 0 Å². The Morgan fingerprint density at radius 1 is 1.12 bits per heavy atom. The largest absolute Gasteiger partial charge is 0.357 e. The number of hydrogen-bond donors (Lipinski definition) is 3. The van der Waals surface area contributed by atoms with Gasteiger partial charge in [0.2, 0.25) is 5.91 Å². The molecule has 1 saturated heterocycles. The van der Waals surface area contributed by atoms with Gasteiger partial charge in [-0.25, -0.2) is 4.79 Å². The van der Waals surface area contributed by atoms with Gasteiger partial charge in [-0.15, -0.1) is 0 Å². The molecule has 1 aromatic carbocycles. The molecule has 1 aliphatic rings. The van der Waals surface area contributed by atoms with Crippen molar-refractivity contribution in [3.05, 3.63) is 35.9 Å². The Kier molecular flexibility index (Phi) is 6.99. The third-order valence-corrected chi connectivity index (χ3v) is 4.58. The molecule has 2 rings (SSSR count). The van der Waals surface area contributed by atoms with Crippen LogP contribution in [0.3, 0.4) is 0 Å². The number of piperazine rings is 1. The summed E-state index contributed by atoms with van der Waals surface area (Å²) in [6, 6.07) is 8.17. The molecular weight excluding hydrogens is 330 g/mol. The predicted octanol–water partition coefficient (Wildman–Crippen LogP) is 0.799. The number of carbonyl (C=O) groups is 2. The standard InChI is InChI=1S/C19H31N5O2/c1-19(2,14-24-12-10-23(4)11-13-24)22-18(26)21-16(17(25)20-3)15-8-6-5-7-9-15/h5-9,16H,10-14H2,1-4H3,(H,20,25)(H2,21,22,26)/t16-/m0/s1. The number of rotatable bonds is 6. The highest BCUT2D eigenvalue weighted by Crippen LogP contribution is 2.13. The quantitative estimate of drug-likeness (QED) is 0.700. The molecule has 144 valence electrons. The first-order chi connectivity index (χ1) is 12.3. The van der Waals surface area contributed by atoms with Gasteiger partial charge in [-0.2, -0.15) is 0 Å². The van der Waals surface area contributed by atoms with Gasteiger partial charge >= 0.3 is 6.03 Å². The van der Waals surface area contributed by atoms with Crippen LogP contribution in [0.15, 0.2) is 30.3 Å². The monoisotopic (exact) mass is 361 g/mol. The summed E-state index contributed by atoms with van der Waals surface area (Å²) in [5.41, 5.74) is 0.350. The van der Waals surface area contributed by atoms with Crippen LogP contribution >= 0.6 is 0 Å². The van der Waals surface area contributed by atoms with Gasteiger partial charge in [-0.05, 0) is 26.5 Å². The van der Waals surface area contributed by atoms with Crippen LogP contribution in [0.25, 0.3) is 0 Å². The highest BCUT2D eigenvalue weighted by atomic mass is 16.2.